The summed E-state index contributed by atoms with van der Waals surface area (Å²) in [5.74, 6) is 1.36. The third-order valence-electron chi connectivity index (χ3n) is 25.3. The Balaban J connectivity index is 0.000000120. The second kappa shape index (κ2) is 43.3. The normalized spacial score (nSPS) is 17.1. The highest BCUT2D eigenvalue weighted by Crippen LogP contribution is 2.47. The van der Waals surface area contributed by atoms with Gasteiger partial charge in [0.05, 0.1) is 98.9 Å². The van der Waals surface area contributed by atoms with E-state index in [9.17, 15) is 38.4 Å². The van der Waals surface area contributed by atoms with Gasteiger partial charge < -0.3 is 72.4 Å². The fourth-order valence-corrected chi connectivity index (χ4v) is 18.7. The molecule has 0 unspecified atom stereocenters. The molecule has 6 atom stereocenters. The highest BCUT2D eigenvalue weighted by atomic mass is 16.6. The maximum atomic E-state index is 13.3. The number of aromatic nitrogens is 8. The van der Waals surface area contributed by atoms with Crippen molar-refractivity contribution in [2.75, 3.05) is 47.9 Å². The largest absolute Gasteiger partial charge is 0.487 e. The van der Waals surface area contributed by atoms with Crippen molar-refractivity contribution in [2.24, 2.45) is 7.05 Å². The van der Waals surface area contributed by atoms with Gasteiger partial charge in [-0.15, -0.1) is 0 Å². The predicted octanol–water partition coefficient (Wildman–Crippen LogP) is 23.2. The number of ether oxygens (including phenoxy) is 3. The van der Waals surface area contributed by atoms with E-state index < -0.39 is 11.7 Å². The van der Waals surface area contributed by atoms with Crippen LogP contribution in [0.1, 0.15) is 162 Å². The Bertz CT molecular complexity index is 7490. The fourth-order valence-electron chi connectivity index (χ4n) is 18.7. The van der Waals surface area contributed by atoms with E-state index in [1.54, 1.807) is 24.4 Å². The van der Waals surface area contributed by atoms with Crippen molar-refractivity contribution in [1.82, 2.24) is 44.2 Å². The quantitative estimate of drug-likeness (QED) is 0.0606. The van der Waals surface area contributed by atoms with Crippen molar-refractivity contribution >= 4 is 131 Å². The van der Waals surface area contributed by atoms with E-state index in [0.29, 0.717) is 78.4 Å². The summed E-state index contributed by atoms with van der Waals surface area (Å²) in [6.45, 7) is 26.6. The predicted molar refractivity (Wildman–Crippen MR) is 576 cm³/mol. The minimum atomic E-state index is -0.602. The van der Waals surface area contributed by atoms with Crippen LogP contribution in [-0.2, 0) is 59.1 Å². The van der Waals surface area contributed by atoms with Crippen molar-refractivity contribution < 1.29 is 52.6 Å². The molecular formula is C116H122N18O11. The van der Waals surface area contributed by atoms with Crippen molar-refractivity contribution in [3.63, 3.8) is 0 Å². The zero-order chi connectivity index (χ0) is 102. The molecule has 29 nitrogen and oxygen atoms in total. The summed E-state index contributed by atoms with van der Waals surface area (Å²) >= 11 is 0. The number of anilines is 9. The molecule has 11 N–H and O–H groups in total. The Morgan fingerprint density at radius 1 is 0.448 bits per heavy atom. The average molecular weight is 1940 g/mol. The molecule has 0 saturated carbocycles. The summed E-state index contributed by atoms with van der Waals surface area (Å²) in [5, 5.41) is 48.1. The minimum Gasteiger partial charge on any atom is -0.487 e. The number of ketones is 1. The topological polar surface area (TPSA) is 359 Å². The van der Waals surface area contributed by atoms with E-state index in [1.165, 1.54) is 9.95 Å². The van der Waals surface area contributed by atoms with Crippen LogP contribution in [0, 0.1) is 0 Å². The number of hydrogen-bond acceptors (Lipinski definition) is 18. The van der Waals surface area contributed by atoms with Crippen LogP contribution < -0.4 is 62.6 Å². The van der Waals surface area contributed by atoms with Gasteiger partial charge in [-0.2, -0.15) is 15.3 Å². The summed E-state index contributed by atoms with van der Waals surface area (Å²) in [7, 11) is 1.94. The average Bonchev–Trinajstić information content (AvgIpc) is 1.61. The number of amides is 6. The molecule has 742 valence electrons. The molecule has 5 aromatic heterocycles. The number of aryl methyl sites for hydroxylation is 2. The van der Waals surface area contributed by atoms with Crippen molar-refractivity contribution in [1.29, 1.82) is 0 Å². The van der Waals surface area contributed by atoms with Crippen molar-refractivity contribution in [3.8, 4) is 67.1 Å². The Morgan fingerprint density at radius 3 is 1.53 bits per heavy atom. The Kier molecular flexibility index (Phi) is 29.8. The van der Waals surface area contributed by atoms with Crippen molar-refractivity contribution in [3.05, 3.63) is 302 Å². The Hall–Kier alpha value is -16.9. The molecule has 11 aromatic carbocycles. The van der Waals surface area contributed by atoms with Gasteiger partial charge in [-0.05, 0) is 184 Å². The number of fused-ring (bicyclic) bond motifs is 9. The van der Waals surface area contributed by atoms with Crippen LogP contribution in [0.2, 0.25) is 0 Å². The van der Waals surface area contributed by atoms with Gasteiger partial charge in [0.2, 0.25) is 29.5 Å². The number of carbonyl (C=O) groups is 8. The summed E-state index contributed by atoms with van der Waals surface area (Å²) in [6, 6.07) is 77.0. The Morgan fingerprint density at radius 2 is 0.938 bits per heavy atom. The number of Topliss-reactive ketones (excluding diaryl/α,β-unsaturated/α-hetero) is 1. The number of benzene rings is 11. The lowest BCUT2D eigenvalue weighted by atomic mass is 9.96. The number of nitrogens with zero attached hydrogens (tertiary/aromatic N) is 7. The molecule has 22 rings (SSSR count). The van der Waals surface area contributed by atoms with Gasteiger partial charge in [-0.1, -0.05) is 176 Å². The minimum absolute atomic E-state index is 0.0196. The fraction of sp³-hybridized carbons (Fsp3) is 0.267. The summed E-state index contributed by atoms with van der Waals surface area (Å²) < 4.78 is 24.9. The highest BCUT2D eigenvalue weighted by molar-refractivity contribution is 6.09. The highest BCUT2D eigenvalue weighted by Gasteiger charge is 2.33. The van der Waals surface area contributed by atoms with Crippen molar-refractivity contribution in [2.45, 2.75) is 195 Å². The van der Waals surface area contributed by atoms with E-state index in [4.69, 9.17) is 14.2 Å². The van der Waals surface area contributed by atoms with Crippen LogP contribution in [0.4, 0.5) is 56.0 Å². The lowest BCUT2D eigenvalue weighted by Crippen LogP contribution is -2.30. The Labute approximate surface area is 842 Å². The van der Waals surface area contributed by atoms with Crippen LogP contribution >= 0.6 is 0 Å². The molecule has 16 aromatic rings. The molecule has 0 fully saturated rings. The first kappa shape index (κ1) is 99.7. The van der Waals surface area contributed by atoms with Crippen LogP contribution in [0.25, 0.3) is 88.3 Å². The molecule has 6 amide bonds. The number of nitrogens with one attached hydrogen (secondary N) is 11. The second-order valence-electron chi connectivity index (χ2n) is 39.5. The molecule has 0 saturated heterocycles. The van der Waals surface area contributed by atoms with E-state index in [-0.39, 0.29) is 89.8 Å². The monoisotopic (exact) mass is 1940 g/mol. The summed E-state index contributed by atoms with van der Waals surface area (Å²) in [5.41, 5.74) is 23.4. The number of rotatable bonds is 10. The maximum Gasteiger partial charge on any atom is 0.419 e. The zero-order valence-corrected chi connectivity index (χ0v) is 83.9. The number of H-pyrrole nitrogens is 1. The van der Waals surface area contributed by atoms with Gasteiger partial charge in [0.15, 0.2) is 11.5 Å². The summed E-state index contributed by atoms with van der Waals surface area (Å²) in [4.78, 5) is 101. The molecule has 6 aliphatic heterocycles. The molecule has 6 aliphatic rings. The standard InChI is InChI=1S/C24H23N3O2.C23H24N2O4.C19H19N3O.C18H17N3O.C17H21N3O2.C15H18N4O/c1-16-15-21(28)26-20-14-8-13-19(23(20)25-16)24(29)27-22(17-9-4-2-5-10-17)18-11-6-3-7-12-18;1-14-12-20(26)24-18-10-7-9-16(21(18)28-14)17-13-25(22(27)29-23(2,3)4)19-11-6-5-8-15(17)19;1-12-9-14(23)10-13-5-3-7-16(19(13)20-12)15-6-4-8-18-17(15)11-22(2)21-18;1-11-9-17(22)21-15-4-2-3-14(18(15)20-11)13-6-5-12-7-8-19-16(12)10-13;1-11-8-15(21)19-14-7-5-6-13(16(14)22-11)12-9-18-20(10-12)17(2,3)4;1-3-19-9-11(8-16-19)12-5-4-6-13-15(12)17-10(2)7-14(20)18-13/h2-14,16,22,25H,15H2,1H3,(H,26,28)(H,27,29);5-11,13-14H,12H2,1-4H3,(H,24,26);3-8,11-12,20H,9-10H2,1-2H3;2-8,10-11,19-20H,9H2,1H3,(H,21,22);5-7,9-11H,8H2,1-4H3,(H,19,21);4-6,8-10,17H,3,7H2,1-2H3,(H,18,20)/t16-;14-;12-;2*11-;10-/m111111/s1. The second-order valence-corrected chi connectivity index (χ2v) is 39.5. The third kappa shape index (κ3) is 23.7. The number of hydrogen-bond donors (Lipinski definition) is 11. The van der Waals surface area contributed by atoms with Gasteiger partial charge in [0.1, 0.15) is 23.6 Å². The third-order valence-corrected chi connectivity index (χ3v) is 25.3. The first-order valence-corrected chi connectivity index (χ1v) is 49.2. The van der Waals surface area contributed by atoms with E-state index >= 15 is 0 Å². The first-order chi connectivity index (χ1) is 69.7. The van der Waals surface area contributed by atoms with Crippen LogP contribution in [0.5, 0.6) is 11.5 Å². The number of para-hydroxylation sites is 7. The number of aromatic amines is 1. The van der Waals surface area contributed by atoms with E-state index in [0.717, 1.165) is 140 Å². The van der Waals surface area contributed by atoms with Crippen LogP contribution in [-0.4, -0.2) is 128 Å². The van der Waals surface area contributed by atoms with Gasteiger partial charge >= 0.3 is 6.09 Å². The first-order valence-electron chi connectivity index (χ1n) is 49.2. The van der Waals surface area contributed by atoms with E-state index in [1.807, 2.05) is 283 Å². The molecular weight excluding hydrogens is 1820 g/mol. The molecule has 0 bridgehead atoms. The van der Waals surface area contributed by atoms with Crippen LogP contribution in [0.15, 0.2) is 280 Å². The van der Waals surface area contributed by atoms with Crippen LogP contribution in [0.3, 0.4) is 0 Å². The number of carbonyl (C=O) groups excluding carboxylic acids is 8. The SMILES string of the molecule is CCn1cc(-c2cccc3c2N[C@H](C)CC(=O)N3)cn1.C[C@@H]1CC(=O)Cc2cccc(-c3cccc4nn(C)cc34)c2N1.C[C@@H]1CC(=O)Nc2cccc(-c3ccc4cc[nH]c4c3)c2N1.C[C@@H]1CC(=O)Nc2cccc(-c3cn(C(=O)OC(C)(C)C)c4ccccc34)c2O1.C[C@@H]1CC(=O)Nc2cccc(-c3cnn(C(C)(C)C)c3)c2O1.C[C@@H]1CC(=O)Nc2cccc(C(=O)NC(c3ccccc3)c3ccccc3)c2N1. The lowest BCUT2D eigenvalue weighted by molar-refractivity contribution is -0.119. The molecule has 29 heteroatoms. The lowest BCUT2D eigenvalue weighted by Gasteiger charge is -2.22. The summed E-state index contributed by atoms with van der Waals surface area (Å²) in [6.07, 6.45) is 15.7. The zero-order valence-electron chi connectivity index (χ0n) is 83.9. The maximum absolute atomic E-state index is 13.3. The smallest absolute Gasteiger partial charge is 0.419 e. The molecule has 0 aliphatic carbocycles. The van der Waals surface area contributed by atoms with Gasteiger partial charge in [-0.3, -0.25) is 52.2 Å². The van der Waals surface area contributed by atoms with Gasteiger partial charge in [0.25, 0.3) is 5.91 Å². The molecule has 0 spiro atoms. The molecule has 11 heterocycles. The molecule has 0 radical (unpaired) electrons. The van der Waals surface area contributed by atoms with E-state index in [2.05, 4.69) is 157 Å². The van der Waals surface area contributed by atoms with Gasteiger partial charge in [0, 0.05) is 167 Å². The molecule has 145 heavy (non-hydrogen) atoms. The van der Waals surface area contributed by atoms with Gasteiger partial charge in [-0.25, -0.2) is 4.79 Å².